The van der Waals surface area contributed by atoms with Gasteiger partial charge in [-0.25, -0.2) is 0 Å². The van der Waals surface area contributed by atoms with Gasteiger partial charge in [0.15, 0.2) is 0 Å². The monoisotopic (exact) mass is 220 g/mol. The molecule has 0 saturated heterocycles. The van der Waals surface area contributed by atoms with E-state index in [9.17, 15) is 0 Å². The van der Waals surface area contributed by atoms with Crippen LogP contribution in [0, 0.1) is 0 Å². The molecule has 1 aromatic heterocycles. The van der Waals surface area contributed by atoms with Crippen LogP contribution in [0.25, 0.3) is 0 Å². The van der Waals surface area contributed by atoms with Crippen LogP contribution >= 0.6 is 0 Å². The molecule has 3 rings (SSSR count). The van der Waals surface area contributed by atoms with Crippen LogP contribution in [0.2, 0.25) is 0 Å². The van der Waals surface area contributed by atoms with Crippen molar-refractivity contribution in [3.05, 3.63) is 11.6 Å². The zero-order valence-corrected chi connectivity index (χ0v) is 9.78. The van der Waals surface area contributed by atoms with Crippen molar-refractivity contribution in [1.82, 2.24) is 20.1 Å². The summed E-state index contributed by atoms with van der Waals surface area (Å²) in [4.78, 5) is 0. The summed E-state index contributed by atoms with van der Waals surface area (Å²) in [5.41, 5.74) is 0. The van der Waals surface area contributed by atoms with E-state index in [-0.39, 0.29) is 0 Å². The van der Waals surface area contributed by atoms with E-state index in [0.29, 0.717) is 0 Å². The first-order chi connectivity index (χ1) is 7.93. The summed E-state index contributed by atoms with van der Waals surface area (Å²) >= 11 is 0. The summed E-state index contributed by atoms with van der Waals surface area (Å²) in [7, 11) is 0. The second kappa shape index (κ2) is 4.53. The Bertz CT molecular complexity index is 352. The van der Waals surface area contributed by atoms with E-state index in [1.165, 1.54) is 44.3 Å². The van der Waals surface area contributed by atoms with Gasteiger partial charge in [-0.15, -0.1) is 10.2 Å². The molecule has 0 amide bonds. The smallest absolute Gasteiger partial charge is 0.147 e. The topological polar surface area (TPSA) is 42.7 Å². The standard InChI is InChI=1S/C12H20N4/c1-2-6-10(5-1)13-9-12-15-14-11-7-3-4-8-16(11)12/h10,13H,1-9H2. The van der Waals surface area contributed by atoms with Crippen LogP contribution in [0.3, 0.4) is 0 Å². The number of fused-ring (bicyclic) bond motifs is 1. The maximum Gasteiger partial charge on any atom is 0.147 e. The Hall–Kier alpha value is -0.900. The highest BCUT2D eigenvalue weighted by Crippen LogP contribution is 2.19. The molecule has 0 unspecified atom stereocenters. The fourth-order valence-corrected chi connectivity index (χ4v) is 2.86. The minimum Gasteiger partial charge on any atom is -0.314 e. The van der Waals surface area contributed by atoms with Crippen molar-refractivity contribution in [3.8, 4) is 0 Å². The lowest BCUT2D eigenvalue weighted by molar-refractivity contribution is 0.470. The molecule has 0 spiro atoms. The van der Waals surface area contributed by atoms with Gasteiger partial charge in [0.1, 0.15) is 11.6 Å². The van der Waals surface area contributed by atoms with Gasteiger partial charge < -0.3 is 9.88 Å². The second-order valence-electron chi connectivity index (χ2n) is 5.00. The normalized spacial score (nSPS) is 21.2. The second-order valence-corrected chi connectivity index (χ2v) is 5.00. The van der Waals surface area contributed by atoms with Gasteiger partial charge in [0.25, 0.3) is 0 Å². The molecule has 1 aliphatic heterocycles. The minimum atomic E-state index is 0.719. The molecule has 4 nitrogen and oxygen atoms in total. The molecule has 16 heavy (non-hydrogen) atoms. The highest BCUT2D eigenvalue weighted by atomic mass is 15.3. The Labute approximate surface area is 96.4 Å². The van der Waals surface area contributed by atoms with Crippen molar-refractivity contribution < 1.29 is 0 Å². The van der Waals surface area contributed by atoms with Crippen LogP contribution in [0.4, 0.5) is 0 Å². The van der Waals surface area contributed by atoms with Crippen molar-refractivity contribution in [1.29, 1.82) is 0 Å². The van der Waals surface area contributed by atoms with E-state index >= 15 is 0 Å². The lowest BCUT2D eigenvalue weighted by atomic mass is 10.1. The number of rotatable bonds is 3. The molecule has 2 heterocycles. The first-order valence-corrected chi connectivity index (χ1v) is 6.58. The van der Waals surface area contributed by atoms with Gasteiger partial charge in [-0.3, -0.25) is 0 Å². The summed E-state index contributed by atoms with van der Waals surface area (Å²) < 4.78 is 2.31. The molecule has 0 aromatic carbocycles. The Morgan fingerprint density at radius 1 is 1.12 bits per heavy atom. The fraction of sp³-hybridized carbons (Fsp3) is 0.833. The van der Waals surface area contributed by atoms with Crippen molar-refractivity contribution >= 4 is 0 Å². The van der Waals surface area contributed by atoms with Gasteiger partial charge >= 0.3 is 0 Å². The SMILES string of the molecule is C1CCn2c(nnc2CNC2CCCC2)C1. The maximum absolute atomic E-state index is 4.31. The molecule has 1 saturated carbocycles. The fourth-order valence-electron chi connectivity index (χ4n) is 2.86. The van der Waals surface area contributed by atoms with Gasteiger partial charge in [-0.05, 0) is 25.7 Å². The van der Waals surface area contributed by atoms with Crippen molar-refractivity contribution in [2.75, 3.05) is 0 Å². The van der Waals surface area contributed by atoms with E-state index in [2.05, 4.69) is 20.1 Å². The summed E-state index contributed by atoms with van der Waals surface area (Å²) in [5.74, 6) is 2.33. The number of aromatic nitrogens is 3. The van der Waals surface area contributed by atoms with Gasteiger partial charge in [-0.2, -0.15) is 0 Å². The molecule has 2 aliphatic rings. The Morgan fingerprint density at radius 2 is 2.00 bits per heavy atom. The van der Waals surface area contributed by atoms with E-state index in [1.807, 2.05) is 0 Å². The van der Waals surface area contributed by atoms with Crippen molar-refractivity contribution in [2.45, 2.75) is 64.1 Å². The van der Waals surface area contributed by atoms with Crippen LogP contribution in [-0.2, 0) is 19.5 Å². The maximum atomic E-state index is 4.31. The highest BCUT2D eigenvalue weighted by Gasteiger charge is 2.18. The molecular weight excluding hydrogens is 200 g/mol. The van der Waals surface area contributed by atoms with Crippen molar-refractivity contribution in [2.24, 2.45) is 0 Å². The van der Waals surface area contributed by atoms with Crippen LogP contribution in [0.15, 0.2) is 0 Å². The Balaban J connectivity index is 1.63. The average Bonchev–Trinajstić information content (AvgIpc) is 2.96. The first-order valence-electron chi connectivity index (χ1n) is 6.58. The number of nitrogens with zero attached hydrogens (tertiary/aromatic N) is 3. The molecular formula is C12H20N4. The third kappa shape index (κ3) is 1.98. The van der Waals surface area contributed by atoms with Gasteiger partial charge in [0.05, 0.1) is 6.54 Å². The predicted octanol–water partition coefficient (Wildman–Crippen LogP) is 1.65. The van der Waals surface area contributed by atoms with E-state index in [4.69, 9.17) is 0 Å². The Kier molecular flexibility index (Phi) is 2.91. The average molecular weight is 220 g/mol. The lowest BCUT2D eigenvalue weighted by Gasteiger charge is -2.16. The minimum absolute atomic E-state index is 0.719. The molecule has 0 radical (unpaired) electrons. The molecule has 1 aromatic rings. The van der Waals surface area contributed by atoms with Crippen LogP contribution in [0.1, 0.15) is 50.2 Å². The zero-order chi connectivity index (χ0) is 10.8. The third-order valence-electron chi connectivity index (χ3n) is 3.84. The number of hydrogen-bond acceptors (Lipinski definition) is 3. The molecule has 1 N–H and O–H groups in total. The van der Waals surface area contributed by atoms with Crippen LogP contribution < -0.4 is 5.32 Å². The van der Waals surface area contributed by atoms with Gasteiger partial charge in [0.2, 0.25) is 0 Å². The Morgan fingerprint density at radius 3 is 2.88 bits per heavy atom. The molecule has 88 valence electrons. The summed E-state index contributed by atoms with van der Waals surface area (Å²) in [5, 5.41) is 12.2. The van der Waals surface area contributed by atoms with Crippen LogP contribution in [-0.4, -0.2) is 20.8 Å². The summed E-state index contributed by atoms with van der Waals surface area (Å²) in [6, 6.07) is 0.719. The van der Waals surface area contributed by atoms with E-state index in [1.54, 1.807) is 0 Å². The quantitative estimate of drug-likeness (QED) is 0.842. The predicted molar refractivity (Wildman–Crippen MR) is 62.1 cm³/mol. The molecule has 0 atom stereocenters. The van der Waals surface area contributed by atoms with E-state index < -0.39 is 0 Å². The third-order valence-corrected chi connectivity index (χ3v) is 3.84. The van der Waals surface area contributed by atoms with Gasteiger partial charge in [0, 0.05) is 19.0 Å². The van der Waals surface area contributed by atoms with Gasteiger partial charge in [-0.1, -0.05) is 12.8 Å². The number of hydrogen-bond donors (Lipinski definition) is 1. The number of nitrogens with one attached hydrogen (secondary N) is 1. The molecule has 0 bridgehead atoms. The van der Waals surface area contributed by atoms with Crippen LogP contribution in [0.5, 0.6) is 0 Å². The van der Waals surface area contributed by atoms with E-state index in [0.717, 1.165) is 31.4 Å². The summed E-state index contributed by atoms with van der Waals surface area (Å²) in [6.07, 6.45) is 9.10. The highest BCUT2D eigenvalue weighted by molar-refractivity contribution is 4.99. The molecule has 4 heteroatoms. The zero-order valence-electron chi connectivity index (χ0n) is 9.78. The largest absolute Gasteiger partial charge is 0.314 e. The summed E-state index contributed by atoms with van der Waals surface area (Å²) in [6.45, 7) is 2.02. The number of aryl methyl sites for hydroxylation is 1. The molecule has 1 aliphatic carbocycles. The first kappa shape index (κ1) is 10.3. The van der Waals surface area contributed by atoms with Crippen molar-refractivity contribution in [3.63, 3.8) is 0 Å². The molecule has 1 fully saturated rings. The lowest BCUT2D eigenvalue weighted by Crippen LogP contribution is -2.27.